The molecular weight excluding hydrogens is 552 g/mol. The van der Waals surface area contributed by atoms with Crippen LogP contribution in [-0.4, -0.2) is 45.9 Å². The minimum Gasteiger partial charge on any atom is -0.497 e. The van der Waals surface area contributed by atoms with Crippen molar-refractivity contribution >= 4 is 27.8 Å². The maximum Gasteiger partial charge on any atom is 0.264 e. The molecule has 0 aliphatic rings. The van der Waals surface area contributed by atoms with Crippen molar-refractivity contribution in [1.82, 2.24) is 9.99 Å². The van der Waals surface area contributed by atoms with Crippen LogP contribution in [0, 0.1) is 34.6 Å². The number of methoxy groups -OCH3 is 2. The number of amides is 1. The first-order valence-corrected chi connectivity index (χ1v) is 14.8. The molecule has 0 aliphatic heterocycles. The predicted octanol–water partition coefficient (Wildman–Crippen LogP) is 5.38. The smallest absolute Gasteiger partial charge is 0.264 e. The molecule has 0 radical (unpaired) electrons. The third-order valence-corrected chi connectivity index (χ3v) is 8.78. The maximum atomic E-state index is 13.8. The van der Waals surface area contributed by atoms with Crippen LogP contribution in [0.4, 0.5) is 5.69 Å². The van der Waals surface area contributed by atoms with Crippen LogP contribution in [-0.2, 0) is 14.8 Å². The Morgan fingerprint density at radius 1 is 0.905 bits per heavy atom. The third-order valence-electron chi connectivity index (χ3n) is 7.01. The van der Waals surface area contributed by atoms with Gasteiger partial charge < -0.3 is 14.0 Å². The Morgan fingerprint density at radius 3 is 2.24 bits per heavy atom. The number of hydrazone groups is 1. The second-order valence-electron chi connectivity index (χ2n) is 10.1. The zero-order valence-corrected chi connectivity index (χ0v) is 25.7. The van der Waals surface area contributed by atoms with Crippen LogP contribution in [0.5, 0.6) is 11.5 Å². The van der Waals surface area contributed by atoms with Gasteiger partial charge in [-0.2, -0.15) is 5.10 Å². The van der Waals surface area contributed by atoms with Crippen LogP contribution in [0.2, 0.25) is 0 Å². The fourth-order valence-electron chi connectivity index (χ4n) is 4.81. The molecule has 3 aromatic carbocycles. The maximum absolute atomic E-state index is 13.8. The molecule has 42 heavy (non-hydrogen) atoms. The monoisotopic (exact) mass is 588 g/mol. The second-order valence-corrected chi connectivity index (χ2v) is 12.0. The summed E-state index contributed by atoms with van der Waals surface area (Å²) < 4.78 is 41.5. The van der Waals surface area contributed by atoms with Gasteiger partial charge in [0.25, 0.3) is 15.9 Å². The summed E-state index contributed by atoms with van der Waals surface area (Å²) in [7, 11) is -1.26. The summed E-state index contributed by atoms with van der Waals surface area (Å²) in [4.78, 5) is 13.2. The number of anilines is 1. The van der Waals surface area contributed by atoms with Crippen LogP contribution < -0.4 is 19.2 Å². The molecule has 1 amide bonds. The molecule has 0 saturated heterocycles. The molecule has 220 valence electrons. The summed E-state index contributed by atoms with van der Waals surface area (Å²) in [5.74, 6) is 0.0455. The molecule has 0 saturated carbocycles. The van der Waals surface area contributed by atoms with Crippen molar-refractivity contribution in [2.24, 2.45) is 5.10 Å². The Bertz CT molecular complexity index is 1740. The summed E-state index contributed by atoms with van der Waals surface area (Å²) >= 11 is 0. The van der Waals surface area contributed by atoms with Crippen LogP contribution in [0.25, 0.3) is 5.69 Å². The van der Waals surface area contributed by atoms with E-state index in [1.54, 1.807) is 30.5 Å². The summed E-state index contributed by atoms with van der Waals surface area (Å²) in [6, 6.07) is 19.5. The highest BCUT2D eigenvalue weighted by Gasteiger charge is 2.30. The van der Waals surface area contributed by atoms with E-state index in [4.69, 9.17) is 9.47 Å². The molecular formula is C32H36N4O5S. The summed E-state index contributed by atoms with van der Waals surface area (Å²) in [5, 5.41) is 4.16. The minimum atomic E-state index is -4.17. The van der Waals surface area contributed by atoms with Crippen molar-refractivity contribution < 1.29 is 22.7 Å². The lowest BCUT2D eigenvalue weighted by atomic mass is 10.1. The molecule has 0 aliphatic carbocycles. The van der Waals surface area contributed by atoms with Gasteiger partial charge in [0.1, 0.15) is 18.0 Å². The van der Waals surface area contributed by atoms with E-state index < -0.39 is 22.5 Å². The van der Waals surface area contributed by atoms with E-state index in [0.717, 1.165) is 38.1 Å². The number of nitrogens with zero attached hydrogens (tertiary/aromatic N) is 3. The largest absolute Gasteiger partial charge is 0.497 e. The van der Waals surface area contributed by atoms with Crippen molar-refractivity contribution in [2.75, 3.05) is 25.1 Å². The zero-order valence-electron chi connectivity index (χ0n) is 24.9. The highest BCUT2D eigenvalue weighted by molar-refractivity contribution is 7.92. The average molecular weight is 589 g/mol. The predicted molar refractivity (Wildman–Crippen MR) is 166 cm³/mol. The fraction of sp³-hybridized carbons (Fsp3) is 0.250. The number of ether oxygens (including phenoxy) is 2. The third kappa shape index (κ3) is 6.33. The molecule has 1 heterocycles. The molecule has 0 spiro atoms. The van der Waals surface area contributed by atoms with E-state index in [9.17, 15) is 13.2 Å². The number of rotatable bonds is 10. The number of aromatic nitrogens is 1. The highest BCUT2D eigenvalue weighted by Crippen LogP contribution is 2.35. The summed E-state index contributed by atoms with van der Waals surface area (Å²) in [6.45, 7) is 9.45. The van der Waals surface area contributed by atoms with Crippen molar-refractivity contribution in [2.45, 2.75) is 39.5 Å². The Kier molecular flexibility index (Phi) is 9.06. The zero-order chi connectivity index (χ0) is 30.6. The van der Waals surface area contributed by atoms with E-state index in [-0.39, 0.29) is 16.3 Å². The summed E-state index contributed by atoms with van der Waals surface area (Å²) in [5.41, 5.74) is 9.77. The number of sulfonamides is 1. The number of carbonyl (C=O) groups is 1. The van der Waals surface area contributed by atoms with E-state index in [0.29, 0.717) is 5.75 Å². The van der Waals surface area contributed by atoms with E-state index in [1.165, 1.54) is 38.0 Å². The van der Waals surface area contributed by atoms with Crippen molar-refractivity contribution in [3.8, 4) is 17.2 Å². The first kappa shape index (κ1) is 30.4. The van der Waals surface area contributed by atoms with Crippen molar-refractivity contribution in [3.05, 3.63) is 100 Å². The first-order chi connectivity index (χ1) is 20.0. The Morgan fingerprint density at radius 2 is 1.60 bits per heavy atom. The molecule has 0 atom stereocenters. The lowest BCUT2D eigenvalue weighted by molar-refractivity contribution is -0.119. The van der Waals surface area contributed by atoms with Crippen LogP contribution in [0.15, 0.2) is 76.7 Å². The molecule has 0 fully saturated rings. The van der Waals surface area contributed by atoms with E-state index in [2.05, 4.69) is 47.1 Å². The molecule has 10 heteroatoms. The molecule has 9 nitrogen and oxygen atoms in total. The Balaban J connectivity index is 1.62. The van der Waals surface area contributed by atoms with Crippen LogP contribution >= 0.6 is 0 Å². The van der Waals surface area contributed by atoms with Crippen molar-refractivity contribution in [1.29, 1.82) is 0 Å². The van der Waals surface area contributed by atoms with Crippen LogP contribution in [0.3, 0.4) is 0 Å². The van der Waals surface area contributed by atoms with Crippen LogP contribution in [0.1, 0.15) is 33.6 Å². The standard InChI is InChI=1S/C32H36N4O5S/c1-21-8-12-28(13-9-21)42(38,39)35(30-18-27(40-6)11-15-31(30)41-7)20-32(37)34-33-19-26-17-24(4)36(25(26)5)29-14-10-22(2)16-23(29)3/h8-19H,20H2,1-7H3,(H,34,37)/b33-19-. The van der Waals surface area contributed by atoms with Gasteiger partial charge in [0.2, 0.25) is 0 Å². The Hall–Kier alpha value is -4.57. The number of nitrogens with one attached hydrogen (secondary N) is 1. The number of hydrogen-bond acceptors (Lipinski definition) is 6. The number of hydrogen-bond donors (Lipinski definition) is 1. The molecule has 1 N–H and O–H groups in total. The number of aryl methyl sites for hydroxylation is 4. The number of carbonyl (C=O) groups excluding carboxylic acids is 1. The van der Waals surface area contributed by atoms with Gasteiger partial charge in [0, 0.05) is 28.7 Å². The lowest BCUT2D eigenvalue weighted by Crippen LogP contribution is -2.39. The second kappa shape index (κ2) is 12.5. The lowest BCUT2D eigenvalue weighted by Gasteiger charge is -2.25. The molecule has 0 unspecified atom stereocenters. The number of benzene rings is 3. The summed E-state index contributed by atoms with van der Waals surface area (Å²) in [6.07, 6.45) is 1.56. The van der Waals surface area contributed by atoms with Gasteiger partial charge in [-0.3, -0.25) is 9.10 Å². The van der Waals surface area contributed by atoms with E-state index in [1.807, 2.05) is 26.8 Å². The fourth-order valence-corrected chi connectivity index (χ4v) is 6.24. The topological polar surface area (TPSA) is 102 Å². The van der Waals surface area contributed by atoms with Gasteiger partial charge in [-0.05, 0) is 76.6 Å². The molecule has 4 aromatic rings. The molecule has 0 bridgehead atoms. The first-order valence-electron chi connectivity index (χ1n) is 13.4. The minimum absolute atomic E-state index is 0.0353. The van der Waals surface area contributed by atoms with Crippen molar-refractivity contribution in [3.63, 3.8) is 0 Å². The van der Waals surface area contributed by atoms with Gasteiger partial charge in [-0.15, -0.1) is 0 Å². The quantitative estimate of drug-likeness (QED) is 0.198. The van der Waals surface area contributed by atoms with Gasteiger partial charge >= 0.3 is 0 Å². The van der Waals surface area contributed by atoms with Gasteiger partial charge in [-0.1, -0.05) is 35.4 Å². The average Bonchev–Trinajstić information content (AvgIpc) is 3.23. The van der Waals surface area contributed by atoms with Gasteiger partial charge in [0.15, 0.2) is 0 Å². The normalized spacial score (nSPS) is 11.5. The van der Waals surface area contributed by atoms with E-state index >= 15 is 0 Å². The van der Waals surface area contributed by atoms with Gasteiger partial charge in [-0.25, -0.2) is 13.8 Å². The van der Waals surface area contributed by atoms with Gasteiger partial charge in [0.05, 0.1) is 31.0 Å². The Labute approximate surface area is 247 Å². The molecule has 1 aromatic heterocycles. The highest BCUT2D eigenvalue weighted by atomic mass is 32.2. The SMILES string of the molecule is COc1ccc(OC)c(N(CC(=O)N/N=C\c2cc(C)n(-c3ccc(C)cc3C)c2C)S(=O)(=O)c2ccc(C)cc2)c1. The molecule has 4 rings (SSSR count).